The van der Waals surface area contributed by atoms with E-state index in [4.69, 9.17) is 0 Å². The van der Waals surface area contributed by atoms with E-state index in [0.29, 0.717) is 52.6 Å². The van der Waals surface area contributed by atoms with Gasteiger partial charge >= 0.3 is 0 Å². The van der Waals surface area contributed by atoms with Crippen molar-refractivity contribution in [2.45, 2.75) is 187 Å². The smallest absolute Gasteiger partial charge is 0.0214 e. The third kappa shape index (κ3) is 24.7. The van der Waals surface area contributed by atoms with E-state index in [2.05, 4.69) is 341 Å². The predicted molar refractivity (Wildman–Crippen MR) is 465 cm³/mol. The van der Waals surface area contributed by atoms with Crippen molar-refractivity contribution in [3.63, 3.8) is 0 Å². The van der Waals surface area contributed by atoms with Crippen molar-refractivity contribution in [1.29, 1.82) is 0 Å². The molecule has 16 rings (SSSR count). The van der Waals surface area contributed by atoms with E-state index in [1.165, 1.54) is 147 Å². The van der Waals surface area contributed by atoms with Crippen LogP contribution in [-0.4, -0.2) is 103 Å². The Hall–Kier alpha value is -6.56. The number of hydrogen-bond acceptors (Lipinski definition) is 8. The molecule has 0 radical (unpaired) electrons. The van der Waals surface area contributed by atoms with Gasteiger partial charge in [-0.05, 0) is 193 Å². The summed E-state index contributed by atoms with van der Waals surface area (Å²) < 4.78 is 0. The Morgan fingerprint density at radius 1 is 0.321 bits per heavy atom. The lowest BCUT2D eigenvalue weighted by Gasteiger charge is -2.60. The molecule has 109 heavy (non-hydrogen) atoms. The SMILES string of the molecule is CC(CNCC(c1ccccc1)c1ccccc1)NCC1CCC2C[C@@H]1C2(C)C.CC1(C)C2CCC(CNCCNCC(c3ccccc3)c3ccccc3)[C@@H]1C2.CC1CCCC(NCCNCC(c2ccccc2)c2ccccc2)C1C.C[C@H](NCCNCC(c1ccccc1)c1ccccc1)C1CCCCC1. The van der Waals surface area contributed by atoms with Crippen molar-refractivity contribution >= 4 is 0 Å². The summed E-state index contributed by atoms with van der Waals surface area (Å²) in [6.07, 6.45) is 19.9. The summed E-state index contributed by atoms with van der Waals surface area (Å²) >= 11 is 0. The summed E-state index contributed by atoms with van der Waals surface area (Å²) in [5.74, 6) is 9.81. The minimum absolute atomic E-state index is 0.399. The molecule has 0 saturated heterocycles. The second-order valence-electron chi connectivity index (χ2n) is 35.1. The fourth-order valence-corrected chi connectivity index (χ4v) is 20.1. The lowest BCUT2D eigenvalue weighted by molar-refractivity contribution is -0.104. The van der Waals surface area contributed by atoms with Gasteiger partial charge in [0, 0.05) is 114 Å². The molecule has 8 N–H and O–H groups in total. The minimum atomic E-state index is 0.399. The maximum absolute atomic E-state index is 3.84. The Kier molecular flexibility index (Phi) is 33.7. The highest BCUT2D eigenvalue weighted by Crippen LogP contribution is 2.62. The number of fused-ring (bicyclic) bond motifs is 4. The van der Waals surface area contributed by atoms with Crippen LogP contribution in [0.4, 0.5) is 0 Å². The van der Waals surface area contributed by atoms with Crippen LogP contribution in [0.2, 0.25) is 0 Å². The average Bonchev–Trinajstić information content (AvgIpc) is 0.742. The Labute approximate surface area is 662 Å². The first-order chi connectivity index (χ1) is 53.3. The van der Waals surface area contributed by atoms with Crippen molar-refractivity contribution in [3.05, 3.63) is 287 Å². The van der Waals surface area contributed by atoms with Crippen LogP contribution in [0.5, 0.6) is 0 Å². The van der Waals surface area contributed by atoms with Crippen LogP contribution >= 0.6 is 0 Å². The van der Waals surface area contributed by atoms with Gasteiger partial charge in [-0.15, -0.1) is 0 Å². The number of hydrogen-bond donors (Lipinski definition) is 8. The molecule has 8 aromatic carbocycles. The fourth-order valence-electron chi connectivity index (χ4n) is 20.1. The third-order valence-electron chi connectivity index (χ3n) is 27.6. The van der Waals surface area contributed by atoms with Crippen molar-refractivity contribution in [3.8, 4) is 0 Å². The molecular formula is C101H142N8. The topological polar surface area (TPSA) is 96.2 Å². The number of rotatable bonds is 35. The van der Waals surface area contributed by atoms with Crippen molar-refractivity contribution in [2.24, 2.45) is 64.1 Å². The zero-order valence-corrected chi connectivity index (χ0v) is 68.4. The first kappa shape index (κ1) is 83.4. The van der Waals surface area contributed by atoms with Gasteiger partial charge in [0.1, 0.15) is 0 Å². The monoisotopic (exact) mass is 1470 g/mol. The van der Waals surface area contributed by atoms with Crippen LogP contribution in [0, 0.1) is 64.1 Å². The van der Waals surface area contributed by atoms with Gasteiger partial charge in [0.2, 0.25) is 0 Å². The first-order valence-electron chi connectivity index (χ1n) is 43.4. The molecule has 11 atom stereocenters. The van der Waals surface area contributed by atoms with Gasteiger partial charge in [0.15, 0.2) is 0 Å². The largest absolute Gasteiger partial charge is 0.315 e. The van der Waals surface area contributed by atoms with Crippen LogP contribution in [0.15, 0.2) is 243 Å². The molecule has 8 saturated carbocycles. The summed E-state index contributed by atoms with van der Waals surface area (Å²) in [7, 11) is 0. The molecule has 8 nitrogen and oxygen atoms in total. The zero-order chi connectivity index (χ0) is 75.9. The summed E-state index contributed by atoms with van der Waals surface area (Å²) in [5, 5.41) is 29.9. The molecule has 4 bridgehead atoms. The van der Waals surface area contributed by atoms with Crippen molar-refractivity contribution < 1.29 is 0 Å². The molecule has 8 unspecified atom stereocenters. The van der Waals surface area contributed by atoms with Gasteiger partial charge in [0.25, 0.3) is 0 Å². The molecule has 0 amide bonds. The Morgan fingerprint density at radius 3 is 1.03 bits per heavy atom. The number of nitrogens with one attached hydrogen (secondary N) is 8. The number of benzene rings is 8. The molecule has 8 fully saturated rings. The summed E-state index contributed by atoms with van der Waals surface area (Å²) in [5.41, 5.74) is 12.3. The van der Waals surface area contributed by atoms with Crippen LogP contribution < -0.4 is 42.5 Å². The zero-order valence-electron chi connectivity index (χ0n) is 68.4. The summed E-state index contributed by atoms with van der Waals surface area (Å²) in [6.45, 7) is 33.0. The van der Waals surface area contributed by atoms with E-state index in [1.807, 2.05) is 0 Å². The molecule has 8 aromatic rings. The Morgan fingerprint density at radius 2 is 0.661 bits per heavy atom. The van der Waals surface area contributed by atoms with Crippen LogP contribution in [0.3, 0.4) is 0 Å². The third-order valence-corrected chi connectivity index (χ3v) is 27.6. The van der Waals surface area contributed by atoms with E-state index >= 15 is 0 Å². The van der Waals surface area contributed by atoms with E-state index in [9.17, 15) is 0 Å². The predicted octanol–water partition coefficient (Wildman–Crippen LogP) is 20.3. The standard InChI is InChI=1S/C27H38N2.C26H36N2.2C24H34N2/c1-20(29-18-23-14-15-24-16-26(23)27(24,2)3)17-28-19-25(21-10-6-4-7-11-21)22-12-8-5-9-13-22;1-26(2)23-14-13-22(25(26)17-23)18-27-15-16-28-19-24(20-9-5-3-6-10-20)21-11-7-4-8-12-21;1-19-10-9-15-24(20(19)2)26-17-16-25-18-23(21-11-5-3-6-12-21)22-13-7-4-8-14-22;1-20(21-11-5-2-6-12-21)26-18-17-25-19-24(22-13-7-3-8-14-22)23-15-9-4-10-16-23/h4-13,20,23-26,28-29H,14-19H2,1-3H3;3-12,22-25,27-28H,13-19H2,1-2H3;3-8,11-14,19-20,23-26H,9-10,15-18H2,1-2H3;3-4,7-10,13-16,20-21,24-26H,2,5-6,11-12,17-19H2,1H3/t20?,23?,24?,26-;22?,23?,25-;;20-/m00.0/s1. The van der Waals surface area contributed by atoms with Gasteiger partial charge in [-0.2, -0.15) is 0 Å². The molecule has 586 valence electrons. The average molecular weight is 1470 g/mol. The quantitative estimate of drug-likeness (QED) is 0.0186. The van der Waals surface area contributed by atoms with E-state index < -0.39 is 0 Å². The minimum Gasteiger partial charge on any atom is -0.315 e. The second-order valence-corrected chi connectivity index (χ2v) is 35.1. The highest BCUT2D eigenvalue weighted by molar-refractivity contribution is 5.37. The molecule has 8 aliphatic rings. The molecule has 0 spiro atoms. The molecule has 0 aromatic heterocycles. The van der Waals surface area contributed by atoms with Crippen LogP contribution in [-0.2, 0) is 0 Å². The summed E-state index contributed by atoms with van der Waals surface area (Å²) in [4.78, 5) is 0. The Balaban J connectivity index is 0.000000145. The van der Waals surface area contributed by atoms with E-state index in [-0.39, 0.29) is 0 Å². The lowest BCUT2D eigenvalue weighted by atomic mass is 9.45. The van der Waals surface area contributed by atoms with Gasteiger partial charge in [-0.3, -0.25) is 0 Å². The van der Waals surface area contributed by atoms with Crippen LogP contribution in [0.25, 0.3) is 0 Å². The molecule has 8 heteroatoms. The highest BCUT2D eigenvalue weighted by atomic mass is 15.0. The first-order valence-corrected chi connectivity index (χ1v) is 43.4. The van der Waals surface area contributed by atoms with Crippen LogP contribution in [0.1, 0.15) is 213 Å². The van der Waals surface area contributed by atoms with Crippen molar-refractivity contribution in [2.75, 3.05) is 85.1 Å². The summed E-state index contributed by atoms with van der Waals surface area (Å²) in [6, 6.07) is 88.7. The van der Waals surface area contributed by atoms with Gasteiger partial charge in [-0.25, -0.2) is 0 Å². The highest BCUT2D eigenvalue weighted by Gasteiger charge is 2.55. The van der Waals surface area contributed by atoms with Gasteiger partial charge in [0.05, 0.1) is 0 Å². The van der Waals surface area contributed by atoms with Gasteiger partial charge in [-0.1, -0.05) is 316 Å². The van der Waals surface area contributed by atoms with Gasteiger partial charge < -0.3 is 42.5 Å². The molecule has 8 aliphatic carbocycles. The molecular weight excluding hydrogens is 1330 g/mol. The lowest BCUT2D eigenvalue weighted by Crippen LogP contribution is -2.55. The molecule has 0 heterocycles. The van der Waals surface area contributed by atoms with Crippen molar-refractivity contribution in [1.82, 2.24) is 42.5 Å². The van der Waals surface area contributed by atoms with E-state index in [1.54, 1.807) is 0 Å². The maximum Gasteiger partial charge on any atom is 0.0214 e. The van der Waals surface area contributed by atoms with E-state index in [0.717, 1.165) is 125 Å². The molecule has 0 aliphatic heterocycles. The maximum atomic E-state index is 3.84. The normalized spacial score (nSPS) is 23.0. The fraction of sp³-hybridized carbons (Fsp3) is 0.525. The second kappa shape index (κ2) is 44.0. The Bertz CT molecular complexity index is 3530.